The first-order valence-electron chi connectivity index (χ1n) is 5.78. The Bertz CT molecular complexity index is 314. The van der Waals surface area contributed by atoms with Gasteiger partial charge in [-0.1, -0.05) is 0 Å². The van der Waals surface area contributed by atoms with Crippen molar-refractivity contribution in [1.29, 1.82) is 0 Å². The van der Waals surface area contributed by atoms with Crippen molar-refractivity contribution in [3.05, 3.63) is 0 Å². The Morgan fingerprint density at radius 1 is 1.62 bits per heavy atom. The second-order valence-electron chi connectivity index (χ2n) is 5.02. The lowest BCUT2D eigenvalue weighted by atomic mass is 9.94. The summed E-state index contributed by atoms with van der Waals surface area (Å²) in [4.78, 5) is 24.7. The van der Waals surface area contributed by atoms with Crippen LogP contribution in [0.3, 0.4) is 0 Å². The quantitative estimate of drug-likeness (QED) is 0.641. The minimum absolute atomic E-state index is 0.0502. The monoisotopic (exact) mass is 226 g/mol. The smallest absolute Gasteiger partial charge is 0.245 e. The maximum absolute atomic E-state index is 12.0. The molecule has 0 spiro atoms. The van der Waals surface area contributed by atoms with Crippen LogP contribution in [0.25, 0.3) is 0 Å². The SMILES string of the molecule is CC1(O)CCCN(C(=O)[C@H]2CCC(=O)N2)C1. The number of hydrogen-bond acceptors (Lipinski definition) is 3. The van der Waals surface area contributed by atoms with E-state index in [0.717, 1.165) is 12.8 Å². The fourth-order valence-electron chi connectivity index (χ4n) is 2.43. The molecule has 16 heavy (non-hydrogen) atoms. The van der Waals surface area contributed by atoms with Crippen LogP contribution in [0.1, 0.15) is 32.6 Å². The van der Waals surface area contributed by atoms with Crippen molar-refractivity contribution >= 4 is 11.8 Å². The van der Waals surface area contributed by atoms with Crippen LogP contribution in [0.2, 0.25) is 0 Å². The van der Waals surface area contributed by atoms with E-state index in [4.69, 9.17) is 0 Å². The summed E-state index contributed by atoms with van der Waals surface area (Å²) in [5.41, 5.74) is -0.781. The van der Waals surface area contributed by atoms with Gasteiger partial charge in [0.15, 0.2) is 0 Å². The Kier molecular flexibility index (Phi) is 2.88. The van der Waals surface area contributed by atoms with E-state index in [2.05, 4.69) is 5.32 Å². The molecule has 2 aliphatic rings. The van der Waals surface area contributed by atoms with Gasteiger partial charge in [-0.3, -0.25) is 9.59 Å². The highest BCUT2D eigenvalue weighted by molar-refractivity contribution is 5.90. The normalized spacial score (nSPS) is 35.0. The molecule has 2 heterocycles. The molecule has 0 aromatic heterocycles. The largest absolute Gasteiger partial charge is 0.388 e. The van der Waals surface area contributed by atoms with Gasteiger partial charge in [0.2, 0.25) is 11.8 Å². The Morgan fingerprint density at radius 2 is 2.38 bits per heavy atom. The summed E-state index contributed by atoms with van der Waals surface area (Å²) in [7, 11) is 0. The molecule has 2 saturated heterocycles. The Balaban J connectivity index is 1.96. The highest BCUT2D eigenvalue weighted by Crippen LogP contribution is 2.22. The van der Waals surface area contributed by atoms with Crippen molar-refractivity contribution in [2.45, 2.75) is 44.2 Å². The third kappa shape index (κ3) is 2.35. The maximum Gasteiger partial charge on any atom is 0.245 e. The number of nitrogens with one attached hydrogen (secondary N) is 1. The van der Waals surface area contributed by atoms with Gasteiger partial charge in [0.25, 0.3) is 0 Å². The molecule has 2 aliphatic heterocycles. The highest BCUT2D eigenvalue weighted by atomic mass is 16.3. The number of likely N-dealkylation sites (tertiary alicyclic amines) is 1. The lowest BCUT2D eigenvalue weighted by Crippen LogP contribution is -2.53. The van der Waals surface area contributed by atoms with E-state index >= 15 is 0 Å². The van der Waals surface area contributed by atoms with E-state index in [0.29, 0.717) is 25.9 Å². The lowest BCUT2D eigenvalue weighted by molar-refractivity contribution is -0.140. The first-order chi connectivity index (χ1) is 7.48. The zero-order valence-electron chi connectivity index (χ0n) is 9.53. The van der Waals surface area contributed by atoms with Crippen molar-refractivity contribution in [1.82, 2.24) is 10.2 Å². The van der Waals surface area contributed by atoms with Gasteiger partial charge in [-0.15, -0.1) is 0 Å². The summed E-state index contributed by atoms with van der Waals surface area (Å²) in [5.74, 6) is -0.104. The molecule has 90 valence electrons. The standard InChI is InChI=1S/C11H18N2O3/c1-11(16)5-2-6-13(7-11)10(15)8-3-4-9(14)12-8/h8,16H,2-7H2,1H3,(H,12,14)/t8-,11?/m1/s1. The zero-order valence-corrected chi connectivity index (χ0v) is 9.53. The number of aliphatic hydroxyl groups is 1. The number of nitrogens with zero attached hydrogens (tertiary/aromatic N) is 1. The minimum atomic E-state index is -0.781. The fraction of sp³-hybridized carbons (Fsp3) is 0.818. The molecule has 2 amide bonds. The van der Waals surface area contributed by atoms with E-state index in [9.17, 15) is 14.7 Å². The third-order valence-corrected chi connectivity index (χ3v) is 3.28. The summed E-state index contributed by atoms with van der Waals surface area (Å²) in [6, 6.07) is -0.374. The van der Waals surface area contributed by atoms with Crippen LogP contribution in [0.5, 0.6) is 0 Å². The van der Waals surface area contributed by atoms with E-state index < -0.39 is 5.60 Å². The van der Waals surface area contributed by atoms with E-state index in [1.165, 1.54) is 0 Å². The fourth-order valence-corrected chi connectivity index (χ4v) is 2.43. The summed E-state index contributed by atoms with van der Waals surface area (Å²) < 4.78 is 0. The molecule has 5 heteroatoms. The number of hydrogen-bond donors (Lipinski definition) is 2. The molecule has 5 nitrogen and oxygen atoms in total. The number of piperidine rings is 1. The summed E-state index contributed by atoms with van der Waals surface area (Å²) in [6.45, 7) is 2.80. The summed E-state index contributed by atoms with van der Waals surface area (Å²) in [5, 5.41) is 12.6. The molecule has 2 rings (SSSR count). The van der Waals surface area contributed by atoms with Crippen molar-refractivity contribution in [2.24, 2.45) is 0 Å². The van der Waals surface area contributed by atoms with E-state index in [-0.39, 0.29) is 17.9 Å². The Morgan fingerprint density at radius 3 is 2.94 bits per heavy atom. The van der Waals surface area contributed by atoms with Gasteiger partial charge in [0.05, 0.1) is 5.60 Å². The molecule has 2 atom stereocenters. The minimum Gasteiger partial charge on any atom is -0.388 e. The highest BCUT2D eigenvalue weighted by Gasteiger charge is 2.36. The first kappa shape index (κ1) is 11.4. The van der Waals surface area contributed by atoms with Gasteiger partial charge in [-0.25, -0.2) is 0 Å². The number of amides is 2. The average Bonchev–Trinajstić information content (AvgIpc) is 2.62. The van der Waals surface area contributed by atoms with Gasteiger partial charge in [-0.2, -0.15) is 0 Å². The van der Waals surface area contributed by atoms with Crippen molar-refractivity contribution in [3.63, 3.8) is 0 Å². The molecular formula is C11H18N2O3. The number of carbonyl (C=O) groups excluding carboxylic acids is 2. The molecule has 2 fully saturated rings. The predicted molar refractivity (Wildman–Crippen MR) is 57.6 cm³/mol. The van der Waals surface area contributed by atoms with Gasteiger partial charge >= 0.3 is 0 Å². The van der Waals surface area contributed by atoms with Crippen LogP contribution in [-0.2, 0) is 9.59 Å². The predicted octanol–water partition coefficient (Wildman–Crippen LogP) is -0.362. The number of rotatable bonds is 1. The van der Waals surface area contributed by atoms with Crippen LogP contribution in [-0.4, -0.2) is 46.6 Å². The molecule has 1 unspecified atom stereocenters. The average molecular weight is 226 g/mol. The van der Waals surface area contributed by atoms with Crippen LogP contribution in [0.4, 0.5) is 0 Å². The second kappa shape index (κ2) is 4.05. The lowest BCUT2D eigenvalue weighted by Gasteiger charge is -2.37. The molecule has 0 bridgehead atoms. The van der Waals surface area contributed by atoms with E-state index in [1.54, 1.807) is 11.8 Å². The summed E-state index contributed by atoms with van der Waals surface area (Å²) in [6.07, 6.45) is 2.56. The molecular weight excluding hydrogens is 208 g/mol. The van der Waals surface area contributed by atoms with Gasteiger partial charge in [-0.05, 0) is 26.2 Å². The Hall–Kier alpha value is -1.10. The topological polar surface area (TPSA) is 69.6 Å². The molecule has 0 aromatic carbocycles. The van der Waals surface area contributed by atoms with Crippen LogP contribution >= 0.6 is 0 Å². The van der Waals surface area contributed by atoms with Crippen molar-refractivity contribution in [3.8, 4) is 0 Å². The molecule has 0 radical (unpaired) electrons. The summed E-state index contributed by atoms with van der Waals surface area (Å²) >= 11 is 0. The van der Waals surface area contributed by atoms with E-state index in [1.807, 2.05) is 0 Å². The maximum atomic E-state index is 12.0. The first-order valence-corrected chi connectivity index (χ1v) is 5.78. The van der Waals surface area contributed by atoms with Gasteiger partial charge in [0, 0.05) is 19.5 Å². The van der Waals surface area contributed by atoms with Crippen LogP contribution in [0.15, 0.2) is 0 Å². The van der Waals surface area contributed by atoms with Crippen molar-refractivity contribution in [2.75, 3.05) is 13.1 Å². The molecule has 0 saturated carbocycles. The molecule has 2 N–H and O–H groups in total. The molecule has 0 aromatic rings. The van der Waals surface area contributed by atoms with Gasteiger partial charge < -0.3 is 15.3 Å². The Labute approximate surface area is 94.8 Å². The number of carbonyl (C=O) groups is 2. The van der Waals surface area contributed by atoms with Crippen molar-refractivity contribution < 1.29 is 14.7 Å². The third-order valence-electron chi connectivity index (χ3n) is 3.28. The zero-order chi connectivity index (χ0) is 11.8. The second-order valence-corrected chi connectivity index (χ2v) is 5.02. The number of β-amino-alcohol motifs (C(OH)–C–C–N with tert-alkyl or cyclic N) is 1. The molecule has 0 aliphatic carbocycles. The van der Waals surface area contributed by atoms with Crippen LogP contribution in [0, 0.1) is 0 Å². The van der Waals surface area contributed by atoms with Crippen LogP contribution < -0.4 is 5.32 Å². The van der Waals surface area contributed by atoms with Gasteiger partial charge in [0.1, 0.15) is 6.04 Å².